The molecule has 41 heavy (non-hydrogen) atoms. The molecule has 210 valence electrons. The van der Waals surface area contributed by atoms with E-state index in [1.165, 1.54) is 5.56 Å². The molecule has 1 N–H and O–H groups in total. The minimum absolute atomic E-state index is 0.0434. The van der Waals surface area contributed by atoms with Crippen molar-refractivity contribution in [1.29, 1.82) is 0 Å². The molecule has 0 radical (unpaired) electrons. The van der Waals surface area contributed by atoms with Crippen LogP contribution in [0.15, 0.2) is 97.1 Å². The number of rotatable bonds is 13. The molecule has 0 aliphatic carbocycles. The first kappa shape index (κ1) is 28.4. The van der Waals surface area contributed by atoms with Crippen LogP contribution in [0.3, 0.4) is 0 Å². The van der Waals surface area contributed by atoms with Gasteiger partial charge in [-0.05, 0) is 78.8 Å². The van der Waals surface area contributed by atoms with Gasteiger partial charge in [-0.25, -0.2) is 4.98 Å². The first-order valence-corrected chi connectivity index (χ1v) is 14.7. The smallest absolute Gasteiger partial charge is 0.224 e. The van der Waals surface area contributed by atoms with Gasteiger partial charge < -0.3 is 14.6 Å². The number of carbonyl (C=O) groups is 1. The van der Waals surface area contributed by atoms with Crippen molar-refractivity contribution in [1.82, 2.24) is 14.9 Å². The number of fused-ring (bicyclic) bond motifs is 1. The highest BCUT2D eigenvalue weighted by atomic mass is 35.5. The Hall–Kier alpha value is -4.09. The number of benzene rings is 4. The number of para-hydroxylation sites is 2. The number of nitrogens with one attached hydrogen (secondary N) is 1. The lowest BCUT2D eigenvalue weighted by molar-refractivity contribution is -0.120. The highest BCUT2D eigenvalue weighted by molar-refractivity contribution is 6.31. The van der Waals surface area contributed by atoms with E-state index in [1.54, 1.807) is 0 Å². The Labute approximate surface area is 247 Å². The molecular formula is C35H36ClN3O2. The average Bonchev–Trinajstić information content (AvgIpc) is 3.35. The molecule has 6 heteroatoms. The van der Waals surface area contributed by atoms with Crippen molar-refractivity contribution in [3.8, 4) is 16.9 Å². The summed E-state index contributed by atoms with van der Waals surface area (Å²) in [6.07, 6.45) is 3.95. The largest absolute Gasteiger partial charge is 0.494 e. The van der Waals surface area contributed by atoms with Gasteiger partial charge in [0.2, 0.25) is 5.91 Å². The molecule has 4 aromatic carbocycles. The van der Waals surface area contributed by atoms with Crippen LogP contribution in [0, 0.1) is 6.92 Å². The molecule has 0 saturated heterocycles. The minimum atomic E-state index is 0.0434. The summed E-state index contributed by atoms with van der Waals surface area (Å²) in [6, 6.07) is 32.5. The number of aromatic nitrogens is 2. The molecule has 0 aliphatic heterocycles. The fourth-order valence-corrected chi connectivity index (χ4v) is 5.12. The molecule has 0 bridgehead atoms. The number of halogens is 1. The second-order valence-electron chi connectivity index (χ2n) is 10.3. The highest BCUT2D eigenvalue weighted by Crippen LogP contribution is 2.22. The van der Waals surface area contributed by atoms with Crippen LogP contribution >= 0.6 is 11.6 Å². The van der Waals surface area contributed by atoms with Crippen LogP contribution in [0.2, 0.25) is 5.02 Å². The van der Waals surface area contributed by atoms with Gasteiger partial charge >= 0.3 is 0 Å². The molecule has 5 rings (SSSR count). The van der Waals surface area contributed by atoms with E-state index in [0.717, 1.165) is 76.5 Å². The van der Waals surface area contributed by atoms with Crippen molar-refractivity contribution in [2.45, 2.75) is 45.6 Å². The maximum Gasteiger partial charge on any atom is 0.224 e. The number of unbranched alkanes of at least 4 members (excludes halogenated alkanes) is 1. The zero-order chi connectivity index (χ0) is 28.4. The summed E-state index contributed by atoms with van der Waals surface area (Å²) in [6.45, 7) is 4.14. The molecule has 0 saturated carbocycles. The predicted octanol–water partition coefficient (Wildman–Crippen LogP) is 7.82. The quantitative estimate of drug-likeness (QED) is 0.148. The van der Waals surface area contributed by atoms with E-state index in [4.69, 9.17) is 21.3 Å². The van der Waals surface area contributed by atoms with Crippen LogP contribution in [0.1, 0.15) is 36.2 Å². The summed E-state index contributed by atoms with van der Waals surface area (Å²) >= 11 is 6.12. The molecule has 1 amide bonds. The molecule has 0 aliphatic rings. The summed E-state index contributed by atoms with van der Waals surface area (Å²) in [5.74, 6) is 1.96. The fourth-order valence-electron chi connectivity index (χ4n) is 5.00. The first-order chi connectivity index (χ1) is 20.1. The summed E-state index contributed by atoms with van der Waals surface area (Å²) in [5.41, 5.74) is 6.53. The standard InChI is InChI=1S/C35H36ClN3O2/c1-26-24-30(19-20-31(26)36)41-23-8-7-22-39-33-13-6-5-12-32(33)38-34(39)14-9-21-37-35(40)25-27-15-17-29(18-16-27)28-10-3-2-4-11-28/h2-6,10-13,15-20,24H,7-9,14,21-23,25H2,1H3,(H,37,40). The van der Waals surface area contributed by atoms with Crippen molar-refractivity contribution >= 4 is 28.5 Å². The van der Waals surface area contributed by atoms with E-state index in [-0.39, 0.29) is 5.91 Å². The SMILES string of the molecule is Cc1cc(OCCCCn2c(CCCNC(=O)Cc3ccc(-c4ccccc4)cc3)nc3ccccc32)ccc1Cl. The third-order valence-corrected chi connectivity index (χ3v) is 7.66. The van der Waals surface area contributed by atoms with E-state index in [1.807, 2.05) is 61.5 Å². The Morgan fingerprint density at radius 3 is 2.44 bits per heavy atom. The lowest BCUT2D eigenvalue weighted by Gasteiger charge is -2.11. The zero-order valence-corrected chi connectivity index (χ0v) is 24.2. The van der Waals surface area contributed by atoms with Gasteiger partial charge in [-0.3, -0.25) is 4.79 Å². The number of imidazole rings is 1. The van der Waals surface area contributed by atoms with E-state index in [9.17, 15) is 4.79 Å². The fraction of sp³-hybridized carbons (Fsp3) is 0.257. The van der Waals surface area contributed by atoms with Gasteiger partial charge in [-0.1, -0.05) is 78.3 Å². The number of ether oxygens (including phenoxy) is 1. The third kappa shape index (κ3) is 7.77. The Balaban J connectivity index is 1.08. The van der Waals surface area contributed by atoms with Gasteiger partial charge in [0, 0.05) is 24.5 Å². The van der Waals surface area contributed by atoms with Gasteiger partial charge in [0.05, 0.1) is 24.1 Å². The minimum Gasteiger partial charge on any atom is -0.494 e. The number of amides is 1. The van der Waals surface area contributed by atoms with Gasteiger partial charge in [-0.2, -0.15) is 0 Å². The lowest BCUT2D eigenvalue weighted by Crippen LogP contribution is -2.26. The number of nitrogens with zero attached hydrogens (tertiary/aromatic N) is 2. The summed E-state index contributed by atoms with van der Waals surface area (Å²) in [4.78, 5) is 17.5. The monoisotopic (exact) mass is 565 g/mol. The lowest BCUT2D eigenvalue weighted by atomic mass is 10.0. The van der Waals surface area contributed by atoms with Gasteiger partial charge in [-0.15, -0.1) is 0 Å². The topological polar surface area (TPSA) is 56.1 Å². The van der Waals surface area contributed by atoms with Crippen molar-refractivity contribution in [2.24, 2.45) is 0 Å². The number of aryl methyl sites for hydroxylation is 3. The van der Waals surface area contributed by atoms with Crippen LogP contribution in [0.5, 0.6) is 5.75 Å². The Kier molecular flexibility index (Phi) is 9.71. The summed E-state index contributed by atoms with van der Waals surface area (Å²) in [5, 5.41) is 3.84. The highest BCUT2D eigenvalue weighted by Gasteiger charge is 2.11. The molecular weight excluding hydrogens is 530 g/mol. The van der Waals surface area contributed by atoms with E-state index < -0.39 is 0 Å². The third-order valence-electron chi connectivity index (χ3n) is 7.23. The second-order valence-corrected chi connectivity index (χ2v) is 10.7. The van der Waals surface area contributed by atoms with E-state index in [2.05, 4.69) is 52.3 Å². The maximum absolute atomic E-state index is 12.6. The Bertz CT molecular complexity index is 1580. The van der Waals surface area contributed by atoms with Gasteiger partial charge in [0.1, 0.15) is 11.6 Å². The molecule has 1 aromatic heterocycles. The average molecular weight is 566 g/mol. The number of hydrogen-bond donors (Lipinski definition) is 1. The summed E-state index contributed by atoms with van der Waals surface area (Å²) < 4.78 is 8.24. The number of hydrogen-bond acceptors (Lipinski definition) is 3. The first-order valence-electron chi connectivity index (χ1n) is 14.3. The van der Waals surface area contributed by atoms with Crippen LogP contribution in [-0.4, -0.2) is 28.6 Å². The van der Waals surface area contributed by atoms with Crippen molar-refractivity contribution in [3.63, 3.8) is 0 Å². The van der Waals surface area contributed by atoms with Crippen LogP contribution in [-0.2, 0) is 24.2 Å². The second kappa shape index (κ2) is 14.0. The Morgan fingerprint density at radius 2 is 1.63 bits per heavy atom. The normalized spacial score (nSPS) is 11.1. The molecule has 1 heterocycles. The van der Waals surface area contributed by atoms with Crippen molar-refractivity contribution in [3.05, 3.63) is 119 Å². The number of carbonyl (C=O) groups excluding carboxylic acids is 1. The summed E-state index contributed by atoms with van der Waals surface area (Å²) in [7, 11) is 0. The van der Waals surface area contributed by atoms with Crippen LogP contribution in [0.4, 0.5) is 0 Å². The molecule has 5 nitrogen and oxygen atoms in total. The maximum atomic E-state index is 12.6. The van der Waals surface area contributed by atoms with Crippen LogP contribution < -0.4 is 10.1 Å². The predicted molar refractivity (Wildman–Crippen MR) is 168 cm³/mol. The van der Waals surface area contributed by atoms with Crippen molar-refractivity contribution < 1.29 is 9.53 Å². The molecule has 0 fully saturated rings. The van der Waals surface area contributed by atoms with E-state index in [0.29, 0.717) is 19.6 Å². The Morgan fingerprint density at radius 1 is 0.878 bits per heavy atom. The van der Waals surface area contributed by atoms with Gasteiger partial charge in [0.25, 0.3) is 0 Å². The van der Waals surface area contributed by atoms with Crippen LogP contribution in [0.25, 0.3) is 22.2 Å². The van der Waals surface area contributed by atoms with E-state index >= 15 is 0 Å². The molecule has 0 spiro atoms. The zero-order valence-electron chi connectivity index (χ0n) is 23.5. The van der Waals surface area contributed by atoms with Gasteiger partial charge in [0.15, 0.2) is 0 Å². The van der Waals surface area contributed by atoms with Crippen molar-refractivity contribution in [2.75, 3.05) is 13.2 Å². The molecule has 0 unspecified atom stereocenters. The molecule has 0 atom stereocenters. The molecule has 5 aromatic rings.